The number of aryl methyl sites for hydroxylation is 1. The Bertz CT molecular complexity index is 678. The third-order valence-electron chi connectivity index (χ3n) is 2.65. The molecule has 9 heteroatoms. The summed E-state index contributed by atoms with van der Waals surface area (Å²) >= 11 is 1.27. The molecule has 0 spiro atoms. The second-order valence-electron chi connectivity index (χ2n) is 4.38. The standard InChI is InChI=1S/C12H18N4O3S2/c1-3-13-8-10-4-5-12(20-10)21(17,18)14-7-6-11-15-9(2)16-19-11/h4-5,13-14H,3,6-8H2,1-2H3. The molecule has 0 amide bonds. The molecule has 0 saturated heterocycles. The lowest BCUT2D eigenvalue weighted by molar-refractivity contribution is 0.375. The molecule has 0 fully saturated rings. The maximum absolute atomic E-state index is 12.1. The Hall–Kier alpha value is -1.29. The molecule has 7 nitrogen and oxygen atoms in total. The Morgan fingerprint density at radius 1 is 1.38 bits per heavy atom. The van der Waals surface area contributed by atoms with Gasteiger partial charge in [0.1, 0.15) is 4.21 Å². The van der Waals surface area contributed by atoms with Crippen molar-refractivity contribution in [3.05, 3.63) is 28.7 Å². The van der Waals surface area contributed by atoms with Crippen LogP contribution in [0, 0.1) is 6.92 Å². The van der Waals surface area contributed by atoms with E-state index in [1.807, 2.05) is 13.0 Å². The van der Waals surface area contributed by atoms with Crippen LogP contribution in [0.4, 0.5) is 0 Å². The van der Waals surface area contributed by atoms with Gasteiger partial charge in [-0.1, -0.05) is 12.1 Å². The molecule has 0 aliphatic rings. The Balaban J connectivity index is 1.90. The zero-order valence-corrected chi connectivity index (χ0v) is 13.6. The van der Waals surface area contributed by atoms with Crippen LogP contribution < -0.4 is 10.0 Å². The van der Waals surface area contributed by atoms with Gasteiger partial charge in [-0.25, -0.2) is 13.1 Å². The number of rotatable bonds is 8. The van der Waals surface area contributed by atoms with Gasteiger partial charge in [-0.05, 0) is 25.6 Å². The predicted molar refractivity (Wildman–Crippen MR) is 79.6 cm³/mol. The van der Waals surface area contributed by atoms with Gasteiger partial charge < -0.3 is 9.84 Å². The van der Waals surface area contributed by atoms with E-state index in [1.165, 1.54) is 11.3 Å². The molecule has 0 bridgehead atoms. The van der Waals surface area contributed by atoms with Gasteiger partial charge >= 0.3 is 0 Å². The van der Waals surface area contributed by atoms with Gasteiger partial charge in [0.2, 0.25) is 15.9 Å². The third kappa shape index (κ3) is 4.60. The average Bonchev–Trinajstić information content (AvgIpc) is 3.06. The van der Waals surface area contributed by atoms with E-state index in [1.54, 1.807) is 13.0 Å². The molecule has 0 saturated carbocycles. The summed E-state index contributed by atoms with van der Waals surface area (Å²) in [6.07, 6.45) is 0.371. The van der Waals surface area contributed by atoms with E-state index < -0.39 is 10.0 Å². The molecule has 2 aromatic heterocycles. The molecule has 21 heavy (non-hydrogen) atoms. The fraction of sp³-hybridized carbons (Fsp3) is 0.500. The third-order valence-corrected chi connectivity index (χ3v) is 5.69. The highest BCUT2D eigenvalue weighted by Crippen LogP contribution is 2.21. The van der Waals surface area contributed by atoms with Crippen LogP contribution in [0.1, 0.15) is 23.5 Å². The summed E-state index contributed by atoms with van der Waals surface area (Å²) in [5.41, 5.74) is 0. The fourth-order valence-corrected chi connectivity index (χ4v) is 4.05. The number of aromatic nitrogens is 2. The van der Waals surface area contributed by atoms with Crippen LogP contribution in [-0.2, 0) is 23.0 Å². The average molecular weight is 330 g/mol. The smallest absolute Gasteiger partial charge is 0.250 e. The van der Waals surface area contributed by atoms with Crippen LogP contribution in [0.2, 0.25) is 0 Å². The minimum Gasteiger partial charge on any atom is -0.339 e. The molecule has 0 unspecified atom stereocenters. The van der Waals surface area contributed by atoms with Gasteiger partial charge in [0.25, 0.3) is 0 Å². The highest BCUT2D eigenvalue weighted by molar-refractivity contribution is 7.91. The number of nitrogens with zero attached hydrogens (tertiary/aromatic N) is 2. The molecular weight excluding hydrogens is 312 g/mol. The molecule has 2 aromatic rings. The monoisotopic (exact) mass is 330 g/mol. The zero-order valence-electron chi connectivity index (χ0n) is 11.9. The summed E-state index contributed by atoms with van der Waals surface area (Å²) < 4.78 is 32.0. The van der Waals surface area contributed by atoms with Gasteiger partial charge in [-0.15, -0.1) is 11.3 Å². The molecule has 0 radical (unpaired) electrons. The fourth-order valence-electron chi connectivity index (χ4n) is 1.65. The van der Waals surface area contributed by atoms with Gasteiger partial charge in [0.05, 0.1) is 0 Å². The highest BCUT2D eigenvalue weighted by atomic mass is 32.2. The number of hydrogen-bond donors (Lipinski definition) is 2. The number of sulfonamides is 1. The Morgan fingerprint density at radius 3 is 2.86 bits per heavy atom. The highest BCUT2D eigenvalue weighted by Gasteiger charge is 2.16. The molecule has 0 aliphatic carbocycles. The minimum absolute atomic E-state index is 0.227. The minimum atomic E-state index is -3.48. The van der Waals surface area contributed by atoms with Crippen LogP contribution in [0.25, 0.3) is 0 Å². The van der Waals surface area contributed by atoms with Crippen molar-refractivity contribution in [2.45, 2.75) is 31.0 Å². The molecule has 2 N–H and O–H groups in total. The van der Waals surface area contributed by atoms with E-state index in [0.717, 1.165) is 11.4 Å². The lowest BCUT2D eigenvalue weighted by atomic mass is 10.4. The summed E-state index contributed by atoms with van der Waals surface area (Å²) in [5, 5.41) is 6.82. The zero-order chi connectivity index (χ0) is 15.3. The topological polar surface area (TPSA) is 97.1 Å². The number of hydrogen-bond acceptors (Lipinski definition) is 7. The second kappa shape index (κ2) is 7.12. The summed E-state index contributed by atoms with van der Waals surface area (Å²) in [5.74, 6) is 0.966. The van der Waals surface area contributed by atoms with E-state index >= 15 is 0 Å². The van der Waals surface area contributed by atoms with Crippen LogP contribution in [0.15, 0.2) is 20.9 Å². The Labute approximate surface area is 127 Å². The lowest BCUT2D eigenvalue weighted by Gasteiger charge is -2.02. The maximum Gasteiger partial charge on any atom is 0.250 e. The summed E-state index contributed by atoms with van der Waals surface area (Å²) in [4.78, 5) is 5.01. The number of thiophene rings is 1. The SMILES string of the molecule is CCNCc1ccc(S(=O)(=O)NCCc2nc(C)no2)s1. The van der Waals surface area contributed by atoms with Crippen molar-refractivity contribution >= 4 is 21.4 Å². The van der Waals surface area contributed by atoms with E-state index in [0.29, 0.717) is 28.9 Å². The molecule has 0 aromatic carbocycles. The Kier molecular flexibility index (Phi) is 5.45. The van der Waals surface area contributed by atoms with Crippen molar-refractivity contribution in [2.24, 2.45) is 0 Å². The second-order valence-corrected chi connectivity index (χ2v) is 7.55. The first-order chi connectivity index (χ1) is 10.0. The molecule has 2 heterocycles. The molecule has 0 atom stereocenters. The first-order valence-electron chi connectivity index (χ1n) is 6.59. The summed E-state index contributed by atoms with van der Waals surface area (Å²) in [6.45, 7) is 5.48. The molecule has 2 rings (SSSR count). The first kappa shape index (κ1) is 16.1. The largest absolute Gasteiger partial charge is 0.339 e. The summed E-state index contributed by atoms with van der Waals surface area (Å²) in [6, 6.07) is 3.44. The van der Waals surface area contributed by atoms with Crippen LogP contribution in [0.5, 0.6) is 0 Å². The molecular formula is C12H18N4O3S2. The molecule has 116 valence electrons. The Morgan fingerprint density at radius 2 is 2.19 bits per heavy atom. The van der Waals surface area contributed by atoms with Crippen LogP contribution >= 0.6 is 11.3 Å². The maximum atomic E-state index is 12.1. The summed E-state index contributed by atoms with van der Waals surface area (Å²) in [7, 11) is -3.48. The van der Waals surface area contributed by atoms with Gasteiger partial charge in [0, 0.05) is 24.4 Å². The van der Waals surface area contributed by atoms with E-state index in [4.69, 9.17) is 4.52 Å². The van der Waals surface area contributed by atoms with Crippen LogP contribution in [-0.4, -0.2) is 31.6 Å². The van der Waals surface area contributed by atoms with Crippen molar-refractivity contribution in [1.29, 1.82) is 0 Å². The van der Waals surface area contributed by atoms with Gasteiger partial charge in [-0.3, -0.25) is 0 Å². The first-order valence-corrected chi connectivity index (χ1v) is 8.89. The van der Waals surface area contributed by atoms with Crippen molar-refractivity contribution < 1.29 is 12.9 Å². The van der Waals surface area contributed by atoms with Crippen molar-refractivity contribution in [2.75, 3.05) is 13.1 Å². The van der Waals surface area contributed by atoms with E-state index in [9.17, 15) is 8.42 Å². The van der Waals surface area contributed by atoms with E-state index in [-0.39, 0.29) is 6.54 Å². The van der Waals surface area contributed by atoms with Gasteiger partial charge in [-0.2, -0.15) is 4.98 Å². The number of nitrogens with one attached hydrogen (secondary N) is 2. The quantitative estimate of drug-likeness (QED) is 0.751. The predicted octanol–water partition coefficient (Wildman–Crippen LogP) is 1.07. The normalized spacial score (nSPS) is 11.9. The van der Waals surface area contributed by atoms with E-state index in [2.05, 4.69) is 20.2 Å². The molecule has 0 aliphatic heterocycles. The van der Waals surface area contributed by atoms with Crippen molar-refractivity contribution in [1.82, 2.24) is 20.2 Å². The van der Waals surface area contributed by atoms with Crippen molar-refractivity contribution in [3.8, 4) is 0 Å². The van der Waals surface area contributed by atoms with Crippen LogP contribution in [0.3, 0.4) is 0 Å². The van der Waals surface area contributed by atoms with Crippen molar-refractivity contribution in [3.63, 3.8) is 0 Å². The van der Waals surface area contributed by atoms with Gasteiger partial charge in [0.15, 0.2) is 5.82 Å². The lowest BCUT2D eigenvalue weighted by Crippen LogP contribution is -2.25.